The minimum atomic E-state index is -0.973. The number of carbonyl (C=O) groups is 1. The molecule has 118 valence electrons. The maximum atomic E-state index is 12.5. The number of imidazole rings is 1. The van der Waals surface area contributed by atoms with Crippen molar-refractivity contribution in [3.63, 3.8) is 0 Å². The summed E-state index contributed by atoms with van der Waals surface area (Å²) in [4.78, 5) is 19.8. The van der Waals surface area contributed by atoms with Crippen LogP contribution in [-0.4, -0.2) is 45.9 Å². The highest BCUT2D eigenvalue weighted by atomic mass is 16.3. The zero-order chi connectivity index (χ0) is 16.2. The van der Waals surface area contributed by atoms with Crippen LogP contribution in [-0.2, 0) is 5.54 Å². The van der Waals surface area contributed by atoms with Gasteiger partial charge in [-0.3, -0.25) is 9.69 Å². The number of amides is 1. The molecule has 0 bridgehead atoms. The van der Waals surface area contributed by atoms with Crippen LogP contribution in [0.3, 0.4) is 0 Å². The van der Waals surface area contributed by atoms with Crippen molar-refractivity contribution in [1.29, 1.82) is 0 Å². The van der Waals surface area contributed by atoms with Crippen molar-refractivity contribution in [3.8, 4) is 0 Å². The molecule has 1 aliphatic rings. The van der Waals surface area contributed by atoms with Crippen molar-refractivity contribution < 1.29 is 9.90 Å². The lowest BCUT2D eigenvalue weighted by Crippen LogP contribution is -2.53. The maximum Gasteiger partial charge on any atom is 0.277 e. The molecule has 1 aliphatic heterocycles. The summed E-state index contributed by atoms with van der Waals surface area (Å²) in [5, 5.41) is 10.0. The molecule has 0 aromatic carbocycles. The van der Waals surface area contributed by atoms with Gasteiger partial charge in [-0.05, 0) is 25.7 Å². The molecule has 2 heterocycles. The van der Waals surface area contributed by atoms with Crippen LogP contribution in [0, 0.1) is 5.41 Å². The maximum absolute atomic E-state index is 12.5. The first kappa shape index (κ1) is 15.8. The minimum Gasteiger partial charge on any atom is -0.356 e. The van der Waals surface area contributed by atoms with Gasteiger partial charge in [0.2, 0.25) is 6.35 Å². The van der Waals surface area contributed by atoms with Gasteiger partial charge in [-0.2, -0.15) is 0 Å². The SMILES string of the molecule is CN1C(=O)c2c(ncn2C(C)(C)CC(C)(C)C)N(C)C1O. The summed E-state index contributed by atoms with van der Waals surface area (Å²) >= 11 is 0. The second-order valence-corrected chi connectivity index (χ2v) is 7.71. The Morgan fingerprint density at radius 3 is 2.29 bits per heavy atom. The van der Waals surface area contributed by atoms with Crippen LogP contribution >= 0.6 is 0 Å². The molecule has 1 aromatic rings. The fourth-order valence-corrected chi connectivity index (χ4v) is 3.28. The molecule has 6 heteroatoms. The number of aromatic nitrogens is 2. The van der Waals surface area contributed by atoms with E-state index >= 15 is 0 Å². The molecule has 1 aromatic heterocycles. The molecule has 2 rings (SSSR count). The molecule has 1 unspecified atom stereocenters. The molecule has 1 N–H and O–H groups in total. The van der Waals surface area contributed by atoms with Gasteiger partial charge in [-0.25, -0.2) is 4.98 Å². The highest BCUT2D eigenvalue weighted by Crippen LogP contribution is 2.36. The lowest BCUT2D eigenvalue weighted by Gasteiger charge is -2.39. The molecule has 0 radical (unpaired) electrons. The van der Waals surface area contributed by atoms with E-state index in [4.69, 9.17) is 0 Å². The van der Waals surface area contributed by atoms with Gasteiger partial charge < -0.3 is 14.6 Å². The van der Waals surface area contributed by atoms with Crippen molar-refractivity contribution in [2.75, 3.05) is 19.0 Å². The molecule has 6 nitrogen and oxygen atoms in total. The van der Waals surface area contributed by atoms with E-state index in [2.05, 4.69) is 39.6 Å². The molecule has 1 atom stereocenters. The van der Waals surface area contributed by atoms with E-state index in [1.54, 1.807) is 25.3 Å². The van der Waals surface area contributed by atoms with Crippen molar-refractivity contribution in [2.24, 2.45) is 5.41 Å². The van der Waals surface area contributed by atoms with Crippen LogP contribution in [0.15, 0.2) is 6.33 Å². The lowest BCUT2D eigenvalue weighted by atomic mass is 9.81. The van der Waals surface area contributed by atoms with Crippen LogP contribution in [0.5, 0.6) is 0 Å². The molecule has 21 heavy (non-hydrogen) atoms. The summed E-state index contributed by atoms with van der Waals surface area (Å²) in [6.45, 7) is 10.8. The van der Waals surface area contributed by atoms with Gasteiger partial charge >= 0.3 is 0 Å². The normalized spacial score (nSPS) is 20.0. The third kappa shape index (κ3) is 2.64. The number of hydrogen-bond acceptors (Lipinski definition) is 4. The van der Waals surface area contributed by atoms with Crippen LogP contribution < -0.4 is 4.90 Å². The number of hydrogen-bond donors (Lipinski definition) is 1. The Kier molecular flexibility index (Phi) is 3.56. The van der Waals surface area contributed by atoms with E-state index in [1.165, 1.54) is 4.90 Å². The average molecular weight is 294 g/mol. The van der Waals surface area contributed by atoms with Gasteiger partial charge in [0.25, 0.3) is 5.91 Å². The lowest BCUT2D eigenvalue weighted by molar-refractivity contribution is 0.0144. The first-order valence-electron chi connectivity index (χ1n) is 7.21. The second-order valence-electron chi connectivity index (χ2n) is 7.71. The molecular formula is C15H26N4O2. The van der Waals surface area contributed by atoms with Crippen molar-refractivity contribution in [1.82, 2.24) is 14.5 Å². The Balaban J connectivity index is 2.51. The first-order valence-corrected chi connectivity index (χ1v) is 7.21. The molecule has 1 amide bonds. The Bertz CT molecular complexity index is 557. The quantitative estimate of drug-likeness (QED) is 0.904. The largest absolute Gasteiger partial charge is 0.356 e. The van der Waals surface area contributed by atoms with Gasteiger partial charge in [-0.1, -0.05) is 20.8 Å². The zero-order valence-corrected chi connectivity index (χ0v) is 14.0. The summed E-state index contributed by atoms with van der Waals surface area (Å²) in [5.41, 5.74) is 0.438. The molecular weight excluding hydrogens is 268 g/mol. The third-order valence-corrected chi connectivity index (χ3v) is 3.91. The number of fused-ring (bicyclic) bond motifs is 1. The van der Waals surface area contributed by atoms with E-state index in [0.717, 1.165) is 6.42 Å². The zero-order valence-electron chi connectivity index (χ0n) is 14.0. The van der Waals surface area contributed by atoms with Gasteiger partial charge in [0.05, 0.1) is 6.33 Å². The third-order valence-electron chi connectivity index (χ3n) is 3.91. The van der Waals surface area contributed by atoms with Gasteiger partial charge in [0.1, 0.15) is 0 Å². The predicted octanol–water partition coefficient (Wildman–Crippen LogP) is 1.85. The van der Waals surface area contributed by atoms with Crippen molar-refractivity contribution in [3.05, 3.63) is 12.0 Å². The van der Waals surface area contributed by atoms with Crippen LogP contribution in [0.2, 0.25) is 0 Å². The Hall–Kier alpha value is -1.56. The van der Waals surface area contributed by atoms with Gasteiger partial charge in [0.15, 0.2) is 11.5 Å². The minimum absolute atomic E-state index is 0.135. The Labute approximate surface area is 126 Å². The number of anilines is 1. The molecule has 0 spiro atoms. The summed E-state index contributed by atoms with van der Waals surface area (Å²) in [7, 11) is 3.33. The standard InChI is InChI=1S/C15H26N4O2/c1-14(2,3)8-15(4,5)19-9-16-11-10(19)12(20)18(7)13(21)17(11)6/h9,13,21H,8H2,1-7H3. The highest BCUT2D eigenvalue weighted by molar-refractivity contribution is 5.99. The van der Waals surface area contributed by atoms with Gasteiger partial charge in [0, 0.05) is 19.6 Å². The van der Waals surface area contributed by atoms with Crippen molar-refractivity contribution in [2.45, 2.75) is 52.9 Å². The molecule has 0 fully saturated rings. The number of nitrogens with zero attached hydrogens (tertiary/aromatic N) is 4. The highest BCUT2D eigenvalue weighted by Gasteiger charge is 2.40. The van der Waals surface area contributed by atoms with Crippen molar-refractivity contribution >= 4 is 11.7 Å². The summed E-state index contributed by atoms with van der Waals surface area (Å²) in [6, 6.07) is 0. The Morgan fingerprint density at radius 1 is 1.19 bits per heavy atom. The number of aliphatic hydroxyl groups is 1. The number of rotatable bonds is 2. The second kappa shape index (κ2) is 4.73. The van der Waals surface area contributed by atoms with E-state index < -0.39 is 6.35 Å². The van der Waals surface area contributed by atoms with E-state index in [0.29, 0.717) is 11.5 Å². The molecule has 0 saturated carbocycles. The predicted molar refractivity (Wildman–Crippen MR) is 82.1 cm³/mol. The number of aliphatic hydroxyl groups excluding tert-OH is 1. The summed E-state index contributed by atoms with van der Waals surface area (Å²) < 4.78 is 1.94. The topological polar surface area (TPSA) is 61.6 Å². The van der Waals surface area contributed by atoms with E-state index in [9.17, 15) is 9.90 Å². The first-order chi connectivity index (χ1) is 9.46. The fraction of sp³-hybridized carbons (Fsp3) is 0.733. The van der Waals surface area contributed by atoms with E-state index in [-0.39, 0.29) is 16.9 Å². The summed E-state index contributed by atoms with van der Waals surface area (Å²) in [5.74, 6) is 0.336. The monoisotopic (exact) mass is 294 g/mol. The van der Waals surface area contributed by atoms with Crippen LogP contribution in [0.1, 0.15) is 51.5 Å². The molecule has 0 aliphatic carbocycles. The molecule has 0 saturated heterocycles. The fourth-order valence-electron chi connectivity index (χ4n) is 3.28. The van der Waals surface area contributed by atoms with Crippen LogP contribution in [0.25, 0.3) is 0 Å². The number of carbonyl (C=O) groups excluding carboxylic acids is 1. The Morgan fingerprint density at radius 2 is 1.76 bits per heavy atom. The van der Waals surface area contributed by atoms with Crippen LogP contribution in [0.4, 0.5) is 5.82 Å². The summed E-state index contributed by atoms with van der Waals surface area (Å²) in [6.07, 6.45) is 1.64. The smallest absolute Gasteiger partial charge is 0.277 e. The van der Waals surface area contributed by atoms with E-state index in [1.807, 2.05) is 4.57 Å². The van der Waals surface area contributed by atoms with Gasteiger partial charge in [-0.15, -0.1) is 0 Å². The average Bonchev–Trinajstić information content (AvgIpc) is 2.76.